The summed E-state index contributed by atoms with van der Waals surface area (Å²) in [6, 6.07) is 10.0. The van der Waals surface area contributed by atoms with E-state index in [9.17, 15) is 4.79 Å². The Balaban J connectivity index is 1.40. The van der Waals surface area contributed by atoms with Crippen LogP contribution in [0, 0.1) is 6.92 Å². The lowest BCUT2D eigenvalue weighted by Crippen LogP contribution is -2.43. The Morgan fingerprint density at radius 2 is 2.14 bits per heavy atom. The third-order valence-corrected chi connectivity index (χ3v) is 4.79. The lowest BCUT2D eigenvalue weighted by atomic mass is 10.1. The Labute approximate surface area is 134 Å². The first kappa shape index (κ1) is 14.9. The fourth-order valence-electron chi connectivity index (χ4n) is 2.49. The summed E-state index contributed by atoms with van der Waals surface area (Å²) >= 11 is 1.78. The molecular weight excluding hydrogens is 296 g/mol. The van der Waals surface area contributed by atoms with Crippen molar-refractivity contribution in [3.8, 4) is 5.75 Å². The highest BCUT2D eigenvalue weighted by molar-refractivity contribution is 7.10. The summed E-state index contributed by atoms with van der Waals surface area (Å²) in [6.45, 7) is 4.54. The number of hydrogen-bond acceptors (Lipinski definition) is 3. The number of hydrogen-bond donors (Lipinski definition) is 1. The first-order chi connectivity index (χ1) is 10.7. The van der Waals surface area contributed by atoms with Gasteiger partial charge in [0.1, 0.15) is 12.4 Å². The Hall–Kier alpha value is -2.01. The monoisotopic (exact) mass is 316 g/mol. The number of ether oxygens (including phenoxy) is 1. The van der Waals surface area contributed by atoms with Crippen LogP contribution >= 0.6 is 11.3 Å². The number of nitrogens with zero attached hydrogens (tertiary/aromatic N) is 1. The number of thiophene rings is 1. The zero-order valence-electron chi connectivity index (χ0n) is 12.7. The van der Waals surface area contributed by atoms with Crippen LogP contribution in [0.2, 0.25) is 0 Å². The molecule has 0 bridgehead atoms. The summed E-state index contributed by atoms with van der Waals surface area (Å²) in [7, 11) is 0. The topological polar surface area (TPSA) is 41.6 Å². The van der Waals surface area contributed by atoms with Crippen LogP contribution in [-0.4, -0.2) is 30.6 Å². The fourth-order valence-corrected chi connectivity index (χ4v) is 3.38. The smallest absolute Gasteiger partial charge is 0.317 e. The van der Waals surface area contributed by atoms with Crippen LogP contribution in [0.3, 0.4) is 0 Å². The van der Waals surface area contributed by atoms with Gasteiger partial charge < -0.3 is 15.0 Å². The quantitative estimate of drug-likeness (QED) is 0.880. The molecule has 1 aromatic carbocycles. The van der Waals surface area contributed by atoms with Crippen molar-refractivity contribution in [1.82, 2.24) is 10.2 Å². The Morgan fingerprint density at radius 1 is 1.32 bits per heavy atom. The number of carbonyl (C=O) groups is 1. The molecule has 0 spiro atoms. The lowest BCUT2D eigenvalue weighted by Gasteiger charge is -2.27. The summed E-state index contributed by atoms with van der Waals surface area (Å²) in [5.41, 5.74) is 2.49. The third kappa shape index (κ3) is 3.60. The molecule has 2 aromatic rings. The van der Waals surface area contributed by atoms with Crippen molar-refractivity contribution >= 4 is 17.4 Å². The minimum Gasteiger partial charge on any atom is -0.492 e. The van der Waals surface area contributed by atoms with E-state index in [1.165, 1.54) is 16.0 Å². The van der Waals surface area contributed by atoms with E-state index in [1.807, 2.05) is 36.1 Å². The van der Waals surface area contributed by atoms with E-state index < -0.39 is 0 Å². The Kier molecular flexibility index (Phi) is 4.63. The molecule has 0 saturated carbocycles. The Bertz CT molecular complexity index is 636. The standard InChI is InChI=1S/C17H20N2O2S/c1-13-2-4-15(5-3-13)21-10-8-18-17(20)19-9-6-16-14(12-19)7-11-22-16/h2-5,7,11H,6,8-10,12H2,1H3,(H,18,20). The molecule has 2 amide bonds. The van der Waals surface area contributed by atoms with Crippen LogP contribution in [0.5, 0.6) is 5.75 Å². The molecule has 5 heteroatoms. The van der Waals surface area contributed by atoms with Gasteiger partial charge in [0.25, 0.3) is 0 Å². The van der Waals surface area contributed by atoms with E-state index in [0.717, 1.165) is 18.7 Å². The molecule has 0 saturated heterocycles. The predicted octanol–water partition coefficient (Wildman–Crippen LogP) is 3.20. The van der Waals surface area contributed by atoms with Gasteiger partial charge in [-0.05, 0) is 42.5 Å². The van der Waals surface area contributed by atoms with Gasteiger partial charge in [0.05, 0.1) is 6.54 Å². The minimum atomic E-state index is -0.00986. The summed E-state index contributed by atoms with van der Waals surface area (Å²) in [4.78, 5) is 15.4. The highest BCUT2D eigenvalue weighted by Crippen LogP contribution is 2.23. The zero-order chi connectivity index (χ0) is 15.4. The van der Waals surface area contributed by atoms with Gasteiger partial charge in [-0.25, -0.2) is 4.79 Å². The summed E-state index contributed by atoms with van der Waals surface area (Å²) in [5.74, 6) is 0.834. The van der Waals surface area contributed by atoms with E-state index in [2.05, 4.69) is 16.8 Å². The molecule has 1 aliphatic rings. The molecule has 0 atom stereocenters. The van der Waals surface area contributed by atoms with Crippen molar-refractivity contribution in [1.29, 1.82) is 0 Å². The van der Waals surface area contributed by atoms with Gasteiger partial charge in [-0.2, -0.15) is 0 Å². The molecule has 0 fully saturated rings. The SMILES string of the molecule is Cc1ccc(OCCNC(=O)N2CCc3sccc3C2)cc1. The molecule has 0 radical (unpaired) electrons. The van der Waals surface area contributed by atoms with E-state index >= 15 is 0 Å². The van der Waals surface area contributed by atoms with E-state index in [1.54, 1.807) is 11.3 Å². The maximum atomic E-state index is 12.1. The number of amides is 2. The average molecular weight is 316 g/mol. The van der Waals surface area contributed by atoms with Gasteiger partial charge in [0.15, 0.2) is 0 Å². The average Bonchev–Trinajstić information content (AvgIpc) is 3.00. The van der Waals surface area contributed by atoms with Crippen molar-refractivity contribution in [2.75, 3.05) is 19.7 Å². The zero-order valence-corrected chi connectivity index (χ0v) is 13.5. The van der Waals surface area contributed by atoms with Gasteiger partial charge in [-0.3, -0.25) is 0 Å². The van der Waals surface area contributed by atoms with Crippen LogP contribution in [-0.2, 0) is 13.0 Å². The second kappa shape index (κ2) is 6.83. The number of rotatable bonds is 4. The van der Waals surface area contributed by atoms with Gasteiger partial charge in [0, 0.05) is 18.0 Å². The van der Waals surface area contributed by atoms with Crippen LogP contribution in [0.1, 0.15) is 16.0 Å². The highest BCUT2D eigenvalue weighted by Gasteiger charge is 2.20. The summed E-state index contributed by atoms with van der Waals surface area (Å²) in [5, 5.41) is 5.02. The van der Waals surface area contributed by atoms with E-state index in [0.29, 0.717) is 19.7 Å². The molecule has 0 unspecified atom stereocenters. The minimum absolute atomic E-state index is 0.00986. The molecule has 1 N–H and O–H groups in total. The number of nitrogens with one attached hydrogen (secondary N) is 1. The maximum absolute atomic E-state index is 12.1. The van der Waals surface area contributed by atoms with Crippen molar-refractivity contribution in [2.45, 2.75) is 19.9 Å². The number of aryl methyl sites for hydroxylation is 1. The summed E-state index contributed by atoms with van der Waals surface area (Å²) in [6.07, 6.45) is 0.959. The molecule has 116 valence electrons. The lowest BCUT2D eigenvalue weighted by molar-refractivity contribution is 0.190. The number of urea groups is 1. The molecule has 1 aromatic heterocycles. The largest absolute Gasteiger partial charge is 0.492 e. The number of benzene rings is 1. The fraction of sp³-hybridized carbons (Fsp3) is 0.353. The number of carbonyl (C=O) groups excluding carboxylic acids is 1. The highest BCUT2D eigenvalue weighted by atomic mass is 32.1. The normalized spacial score (nSPS) is 13.6. The predicted molar refractivity (Wildman–Crippen MR) is 88.5 cm³/mol. The first-order valence-corrected chi connectivity index (χ1v) is 8.38. The van der Waals surface area contributed by atoms with Gasteiger partial charge in [0.2, 0.25) is 0 Å². The van der Waals surface area contributed by atoms with Gasteiger partial charge >= 0.3 is 6.03 Å². The second-order valence-corrected chi connectivity index (χ2v) is 6.43. The van der Waals surface area contributed by atoms with Crippen molar-refractivity contribution in [3.05, 3.63) is 51.7 Å². The Morgan fingerprint density at radius 3 is 2.95 bits per heavy atom. The van der Waals surface area contributed by atoms with Crippen molar-refractivity contribution in [2.24, 2.45) is 0 Å². The van der Waals surface area contributed by atoms with Crippen LogP contribution in [0.4, 0.5) is 4.79 Å². The number of fused-ring (bicyclic) bond motifs is 1. The molecule has 0 aliphatic carbocycles. The third-order valence-electron chi connectivity index (χ3n) is 3.76. The molecule has 4 nitrogen and oxygen atoms in total. The molecular formula is C17H20N2O2S. The van der Waals surface area contributed by atoms with Gasteiger partial charge in [-0.15, -0.1) is 11.3 Å². The second-order valence-electron chi connectivity index (χ2n) is 5.43. The van der Waals surface area contributed by atoms with E-state index in [4.69, 9.17) is 4.74 Å². The van der Waals surface area contributed by atoms with Crippen molar-refractivity contribution in [3.63, 3.8) is 0 Å². The maximum Gasteiger partial charge on any atom is 0.317 e. The first-order valence-electron chi connectivity index (χ1n) is 7.50. The van der Waals surface area contributed by atoms with E-state index in [-0.39, 0.29) is 6.03 Å². The van der Waals surface area contributed by atoms with Crippen LogP contribution < -0.4 is 10.1 Å². The molecule has 1 aliphatic heterocycles. The van der Waals surface area contributed by atoms with Crippen LogP contribution in [0.15, 0.2) is 35.7 Å². The summed E-state index contributed by atoms with van der Waals surface area (Å²) < 4.78 is 5.61. The van der Waals surface area contributed by atoms with Crippen molar-refractivity contribution < 1.29 is 9.53 Å². The molecule has 22 heavy (non-hydrogen) atoms. The molecule has 2 heterocycles. The van der Waals surface area contributed by atoms with Gasteiger partial charge in [-0.1, -0.05) is 17.7 Å². The van der Waals surface area contributed by atoms with Crippen LogP contribution in [0.25, 0.3) is 0 Å². The molecule has 3 rings (SSSR count).